The van der Waals surface area contributed by atoms with Crippen LogP contribution in [0.3, 0.4) is 0 Å². The molecule has 252 valence electrons. The molecule has 0 nitrogen and oxygen atoms in total. The van der Waals surface area contributed by atoms with Gasteiger partial charge in [-0.15, -0.1) is 0 Å². The maximum absolute atomic E-state index is 2.65. The number of hydrogen-bond donors (Lipinski definition) is 0. The molecule has 1 heteroatoms. The second-order valence-electron chi connectivity index (χ2n) is 14.8. The average molecular weight is 677 g/mol. The van der Waals surface area contributed by atoms with Crippen molar-refractivity contribution in [2.24, 2.45) is 0 Å². The normalized spacial score (nSPS) is 13.5. The van der Waals surface area contributed by atoms with E-state index in [0.717, 1.165) is 12.8 Å². The molecule has 0 saturated heterocycles. The first-order valence-electron chi connectivity index (χ1n) is 18.8. The Labute approximate surface area is 306 Å². The van der Waals surface area contributed by atoms with Crippen molar-refractivity contribution in [3.63, 3.8) is 0 Å². The van der Waals surface area contributed by atoms with Gasteiger partial charge in [-0.1, -0.05) is 170 Å². The summed E-state index contributed by atoms with van der Waals surface area (Å²) in [5, 5.41) is 3.42. The third kappa shape index (κ3) is 5.50. The predicted octanol–water partition coefficient (Wildman–Crippen LogP) is 13.7. The first-order valence-corrected chi connectivity index (χ1v) is 21.2. The summed E-state index contributed by atoms with van der Waals surface area (Å²) in [6.07, 6.45) is 7.44. The molecule has 2 aliphatic rings. The zero-order chi connectivity index (χ0) is 35.3. The number of aryl methyl sites for hydroxylation is 2. The maximum Gasteiger partial charge on any atom is 0.109 e. The van der Waals surface area contributed by atoms with Crippen molar-refractivity contribution in [3.05, 3.63) is 176 Å². The molecule has 0 aliphatic heterocycles. The van der Waals surface area contributed by atoms with E-state index in [9.17, 15) is 0 Å². The van der Waals surface area contributed by atoms with Gasteiger partial charge in [-0.3, -0.25) is 0 Å². The number of hydrogen-bond acceptors (Lipinski definition) is 0. The van der Waals surface area contributed by atoms with Crippen LogP contribution in [0.15, 0.2) is 132 Å². The molecule has 0 fully saturated rings. The average Bonchev–Trinajstić information content (AvgIpc) is 3.80. The molecule has 0 N–H and O–H groups in total. The second kappa shape index (κ2) is 13.3. The van der Waals surface area contributed by atoms with Crippen molar-refractivity contribution in [3.8, 4) is 44.5 Å². The van der Waals surface area contributed by atoms with E-state index in [1.165, 1.54) is 101 Å². The minimum atomic E-state index is -1.97. The molecule has 51 heavy (non-hydrogen) atoms. The van der Waals surface area contributed by atoms with Crippen LogP contribution < -0.4 is 0 Å². The molecule has 0 saturated carbocycles. The standard InChI is InChI=1S/C50H48Si/c1-7-51(8-2,41-29-39-21-15-23-45(47(39)31-41)43-27-25-33(3)49(35(43)5)37-17-11-9-12-18-37)42-30-40-22-16-24-46(48(40)32-42)44-28-26-34(4)50(36(44)6)38-19-13-10-14-20-38/h9-28,31-32H,7-8,29-30H2,1-6H3. The van der Waals surface area contributed by atoms with Crippen LogP contribution in [-0.4, -0.2) is 8.07 Å². The zero-order valence-electron chi connectivity index (χ0n) is 31.0. The molecule has 0 unspecified atom stereocenters. The van der Waals surface area contributed by atoms with Crippen LogP contribution in [0.4, 0.5) is 0 Å². The van der Waals surface area contributed by atoms with Gasteiger partial charge in [-0.05, 0) is 130 Å². The highest BCUT2D eigenvalue weighted by molar-refractivity contribution is 6.94. The molecule has 6 aromatic carbocycles. The summed E-state index contributed by atoms with van der Waals surface area (Å²) < 4.78 is 0. The quantitative estimate of drug-likeness (QED) is 0.141. The molecule has 6 aromatic rings. The monoisotopic (exact) mass is 676 g/mol. The number of benzene rings is 6. The number of rotatable bonds is 8. The third-order valence-electron chi connectivity index (χ3n) is 12.3. The Morgan fingerprint density at radius 2 is 0.843 bits per heavy atom. The third-order valence-corrected chi connectivity index (χ3v) is 17.8. The lowest BCUT2D eigenvalue weighted by Gasteiger charge is -2.33. The van der Waals surface area contributed by atoms with E-state index in [4.69, 9.17) is 0 Å². The Morgan fingerprint density at radius 1 is 0.431 bits per heavy atom. The summed E-state index contributed by atoms with van der Waals surface area (Å²) in [7, 11) is -1.97. The fraction of sp³-hybridized carbons (Fsp3) is 0.200. The Morgan fingerprint density at radius 3 is 1.24 bits per heavy atom. The van der Waals surface area contributed by atoms with Crippen LogP contribution in [0.5, 0.6) is 0 Å². The lowest BCUT2D eigenvalue weighted by atomic mass is 9.87. The van der Waals surface area contributed by atoms with E-state index >= 15 is 0 Å². The lowest BCUT2D eigenvalue weighted by Crippen LogP contribution is -2.39. The number of fused-ring (bicyclic) bond motifs is 2. The van der Waals surface area contributed by atoms with Crippen molar-refractivity contribution >= 4 is 20.2 Å². The lowest BCUT2D eigenvalue weighted by molar-refractivity contribution is 1.15. The maximum atomic E-state index is 2.65. The molecule has 0 bridgehead atoms. The summed E-state index contributed by atoms with van der Waals surface area (Å²) in [4.78, 5) is 0. The fourth-order valence-electron chi connectivity index (χ4n) is 9.56. The SMILES string of the molecule is CC[Si](CC)(C1=Cc2c(cccc2-c2ccc(C)c(-c3ccccc3)c2C)C1)C1=Cc2c(cccc2-c2ccc(C)c(-c3ccccc3)c2C)C1. The molecule has 2 aliphatic carbocycles. The van der Waals surface area contributed by atoms with Crippen LogP contribution in [0, 0.1) is 27.7 Å². The first kappa shape index (κ1) is 33.2. The van der Waals surface area contributed by atoms with Gasteiger partial charge in [0.2, 0.25) is 0 Å². The van der Waals surface area contributed by atoms with Crippen LogP contribution >= 0.6 is 0 Å². The minimum Gasteiger partial charge on any atom is -0.0709 e. The summed E-state index contributed by atoms with van der Waals surface area (Å²) in [5.74, 6) is 0. The van der Waals surface area contributed by atoms with Gasteiger partial charge in [0.25, 0.3) is 0 Å². The minimum absolute atomic E-state index is 1.07. The van der Waals surface area contributed by atoms with Gasteiger partial charge >= 0.3 is 0 Å². The fourth-order valence-corrected chi connectivity index (χ4v) is 14.2. The summed E-state index contributed by atoms with van der Waals surface area (Å²) >= 11 is 0. The van der Waals surface area contributed by atoms with Gasteiger partial charge in [0.15, 0.2) is 0 Å². The highest BCUT2D eigenvalue weighted by Crippen LogP contribution is 2.48. The van der Waals surface area contributed by atoms with Gasteiger partial charge in [-0.25, -0.2) is 0 Å². The van der Waals surface area contributed by atoms with Crippen LogP contribution in [0.2, 0.25) is 12.1 Å². The van der Waals surface area contributed by atoms with Gasteiger partial charge in [0, 0.05) is 0 Å². The van der Waals surface area contributed by atoms with Crippen molar-refractivity contribution in [1.29, 1.82) is 0 Å². The molecule has 0 amide bonds. The van der Waals surface area contributed by atoms with Gasteiger partial charge in [0.05, 0.1) is 0 Å². The van der Waals surface area contributed by atoms with Crippen LogP contribution in [-0.2, 0) is 12.8 Å². The van der Waals surface area contributed by atoms with Crippen LogP contribution in [0.1, 0.15) is 58.4 Å². The summed E-state index contributed by atoms with van der Waals surface area (Å²) in [6, 6.07) is 47.7. The first-order chi connectivity index (χ1) is 24.8. The Kier molecular flexibility index (Phi) is 8.64. The van der Waals surface area contributed by atoms with Crippen LogP contribution in [0.25, 0.3) is 56.7 Å². The summed E-state index contributed by atoms with van der Waals surface area (Å²) in [6.45, 7) is 14.1. The molecule has 0 heterocycles. The molecule has 0 atom stereocenters. The Balaban J connectivity index is 1.21. The van der Waals surface area contributed by atoms with Gasteiger partial charge in [-0.2, -0.15) is 0 Å². The second-order valence-corrected chi connectivity index (χ2v) is 19.7. The largest absolute Gasteiger partial charge is 0.109 e. The smallest absolute Gasteiger partial charge is 0.0709 e. The molecular weight excluding hydrogens is 629 g/mol. The van der Waals surface area contributed by atoms with Gasteiger partial charge < -0.3 is 0 Å². The zero-order valence-corrected chi connectivity index (χ0v) is 32.0. The summed E-state index contributed by atoms with van der Waals surface area (Å²) in [5.41, 5.74) is 22.1. The molecule has 0 radical (unpaired) electrons. The van der Waals surface area contributed by atoms with E-state index < -0.39 is 8.07 Å². The van der Waals surface area contributed by atoms with E-state index in [-0.39, 0.29) is 0 Å². The van der Waals surface area contributed by atoms with Gasteiger partial charge in [0.1, 0.15) is 8.07 Å². The van der Waals surface area contributed by atoms with E-state index in [0.29, 0.717) is 0 Å². The van der Waals surface area contributed by atoms with Crippen molar-refractivity contribution < 1.29 is 0 Å². The Bertz CT molecular complexity index is 2190. The molecule has 8 rings (SSSR count). The predicted molar refractivity (Wildman–Crippen MR) is 224 cm³/mol. The molecular formula is C50H48Si. The highest BCUT2D eigenvalue weighted by atomic mass is 28.3. The molecule has 0 aromatic heterocycles. The van der Waals surface area contributed by atoms with Crippen molar-refractivity contribution in [2.45, 2.75) is 66.5 Å². The van der Waals surface area contributed by atoms with E-state index in [1.54, 1.807) is 10.4 Å². The number of allylic oxidation sites excluding steroid dienone is 2. The highest BCUT2D eigenvalue weighted by Gasteiger charge is 2.41. The van der Waals surface area contributed by atoms with E-state index in [2.05, 4.69) is 175 Å². The Hall–Kier alpha value is -4.98. The van der Waals surface area contributed by atoms with Crippen molar-refractivity contribution in [1.82, 2.24) is 0 Å². The van der Waals surface area contributed by atoms with E-state index in [1.807, 2.05) is 0 Å². The molecule has 0 spiro atoms. The topological polar surface area (TPSA) is 0 Å². The van der Waals surface area contributed by atoms with Crippen molar-refractivity contribution in [2.75, 3.05) is 0 Å².